The minimum atomic E-state index is -1.44. The van der Waals surface area contributed by atoms with E-state index in [2.05, 4.69) is 10.6 Å². The van der Waals surface area contributed by atoms with E-state index in [9.17, 15) is 38.4 Å². The van der Waals surface area contributed by atoms with Gasteiger partial charge in [-0.1, -0.05) is 12.8 Å². The largest absolute Gasteiger partial charge is 0.464 e. The molecule has 1 atom stereocenters. The van der Waals surface area contributed by atoms with E-state index in [0.29, 0.717) is 64.0 Å². The van der Waals surface area contributed by atoms with Crippen LogP contribution in [0.1, 0.15) is 83.5 Å². The van der Waals surface area contributed by atoms with Gasteiger partial charge in [-0.3, -0.25) is 39.1 Å². The van der Waals surface area contributed by atoms with Gasteiger partial charge in [0.15, 0.2) is 0 Å². The predicted octanol–water partition coefficient (Wildman–Crippen LogP) is 0.0457. The Morgan fingerprint density at radius 3 is 2.13 bits per heavy atom. The van der Waals surface area contributed by atoms with E-state index < -0.39 is 29.1 Å². The molecule has 0 aliphatic carbocycles. The van der Waals surface area contributed by atoms with Crippen molar-refractivity contribution in [1.82, 2.24) is 31.3 Å². The zero-order chi connectivity index (χ0) is 34.2. The van der Waals surface area contributed by atoms with Gasteiger partial charge in [0.05, 0.1) is 11.8 Å². The van der Waals surface area contributed by atoms with Gasteiger partial charge in [0.1, 0.15) is 6.29 Å². The molecule has 0 bridgehead atoms. The molecule has 0 spiro atoms. The first kappa shape index (κ1) is 40.3. The van der Waals surface area contributed by atoms with Crippen molar-refractivity contribution in [2.75, 3.05) is 45.0 Å². The van der Waals surface area contributed by atoms with Crippen molar-refractivity contribution in [3.8, 4) is 0 Å². The maximum Gasteiger partial charge on any atom is 0.423 e. The van der Waals surface area contributed by atoms with Gasteiger partial charge in [0.25, 0.3) is 0 Å². The van der Waals surface area contributed by atoms with Crippen molar-refractivity contribution in [1.29, 1.82) is 0 Å². The first-order valence-electron chi connectivity index (χ1n) is 15.8. The van der Waals surface area contributed by atoms with Crippen LogP contribution >= 0.6 is 11.8 Å². The van der Waals surface area contributed by atoms with Gasteiger partial charge in [0.2, 0.25) is 35.4 Å². The van der Waals surface area contributed by atoms with Crippen molar-refractivity contribution in [2.24, 2.45) is 5.73 Å². The highest BCUT2D eigenvalue weighted by molar-refractivity contribution is 8.00. The highest BCUT2D eigenvalue weighted by atomic mass is 32.2. The number of hydrogen-bond acceptors (Lipinski definition) is 10. The van der Waals surface area contributed by atoms with Crippen LogP contribution in [0.25, 0.3) is 0 Å². The highest BCUT2D eigenvalue weighted by Gasteiger charge is 2.38. The number of likely N-dealkylation sites (tertiary alicyclic amines) is 1. The number of rotatable bonds is 25. The molecule has 0 saturated carbocycles. The second kappa shape index (κ2) is 24.5. The summed E-state index contributed by atoms with van der Waals surface area (Å²) in [5.74, 6) is -1.43. The average molecular weight is 672 g/mol. The SMILES string of the molecule is NCCCCN(CC=O)C(=O)CCCCCNC(=O)CCCCCNC(=O)CCSC1CC(=O)N(CCC(=O)NNC(=O)O)C1=O. The molecule has 1 rings (SSSR count). The molecular weight excluding hydrogens is 622 g/mol. The predicted molar refractivity (Wildman–Crippen MR) is 170 cm³/mol. The number of imide groups is 1. The normalized spacial score (nSPS) is 14.1. The van der Waals surface area contributed by atoms with Crippen molar-refractivity contribution >= 4 is 59.6 Å². The number of hydrazine groups is 1. The summed E-state index contributed by atoms with van der Waals surface area (Å²) in [5.41, 5.74) is 9.10. The molecule has 1 aliphatic rings. The summed E-state index contributed by atoms with van der Waals surface area (Å²) in [6, 6.07) is 0. The maximum atomic E-state index is 12.5. The third-order valence-electron chi connectivity index (χ3n) is 7.04. The van der Waals surface area contributed by atoms with Crippen molar-refractivity contribution in [3.63, 3.8) is 0 Å². The summed E-state index contributed by atoms with van der Waals surface area (Å²) in [6.45, 7) is 2.04. The number of nitrogens with one attached hydrogen (secondary N) is 4. The Balaban J connectivity index is 2.05. The Hall–Kier alpha value is -3.73. The number of carbonyl (C=O) groups is 8. The summed E-state index contributed by atoms with van der Waals surface area (Å²) in [5, 5.41) is 13.5. The quantitative estimate of drug-likeness (QED) is 0.0328. The molecule has 0 aromatic heterocycles. The fraction of sp³-hybridized carbons (Fsp3) is 0.724. The molecular formula is C29H49N7O9S. The number of hydrogen-bond donors (Lipinski definition) is 6. The summed E-state index contributed by atoms with van der Waals surface area (Å²) >= 11 is 1.20. The number of carbonyl (C=O) groups excluding carboxylic acids is 7. The van der Waals surface area contributed by atoms with E-state index >= 15 is 0 Å². The standard InChI is InChI=1S/C29H49N7O9S/c30-13-5-8-16-35(18-19-37)26(41)10-4-2-7-14-31-23(38)9-3-1-6-15-32-24(39)12-20-46-22-21-27(42)36(28(22)43)17-11-25(40)33-34-29(44)45/h19,22,34H,1-18,20-21,30H2,(H,31,38)(H,32,39)(H,33,40)(H,44,45). The lowest BCUT2D eigenvalue weighted by Gasteiger charge is -2.20. The molecule has 7 N–H and O–H groups in total. The molecule has 0 radical (unpaired) electrons. The zero-order valence-corrected chi connectivity index (χ0v) is 27.2. The topological polar surface area (TPSA) is 237 Å². The first-order chi connectivity index (χ1) is 22.1. The van der Waals surface area contributed by atoms with Crippen LogP contribution in [0.2, 0.25) is 0 Å². The van der Waals surface area contributed by atoms with Crippen LogP contribution < -0.4 is 27.2 Å². The van der Waals surface area contributed by atoms with Crippen molar-refractivity contribution in [2.45, 2.75) is 88.7 Å². The molecule has 1 unspecified atom stereocenters. The number of carboxylic acid groups (broad SMARTS) is 1. The number of nitrogens with zero attached hydrogens (tertiary/aromatic N) is 2. The van der Waals surface area contributed by atoms with Crippen LogP contribution in [0.5, 0.6) is 0 Å². The molecule has 1 saturated heterocycles. The lowest BCUT2D eigenvalue weighted by atomic mass is 10.1. The lowest BCUT2D eigenvalue weighted by Crippen LogP contribution is -2.42. The number of nitrogens with two attached hydrogens (primary N) is 1. The fourth-order valence-corrected chi connectivity index (χ4v) is 5.64. The molecule has 1 heterocycles. The van der Waals surface area contributed by atoms with Gasteiger partial charge in [-0.05, 0) is 45.1 Å². The molecule has 1 aliphatic heterocycles. The Morgan fingerprint density at radius 1 is 0.848 bits per heavy atom. The summed E-state index contributed by atoms with van der Waals surface area (Å²) < 4.78 is 0. The van der Waals surface area contributed by atoms with Gasteiger partial charge in [-0.2, -0.15) is 0 Å². The Labute approximate surface area is 273 Å². The van der Waals surface area contributed by atoms with Gasteiger partial charge in [0, 0.05) is 64.0 Å². The van der Waals surface area contributed by atoms with Gasteiger partial charge in [-0.15, -0.1) is 11.8 Å². The molecule has 0 aromatic rings. The summed E-state index contributed by atoms with van der Waals surface area (Å²) in [4.78, 5) is 96.4. The molecule has 16 nitrogen and oxygen atoms in total. The molecule has 7 amide bonds. The van der Waals surface area contributed by atoms with Gasteiger partial charge in [-0.25, -0.2) is 10.2 Å². The van der Waals surface area contributed by atoms with Crippen molar-refractivity contribution in [3.05, 3.63) is 0 Å². The van der Waals surface area contributed by atoms with Crippen LogP contribution in [-0.2, 0) is 33.6 Å². The van der Waals surface area contributed by atoms with Crippen LogP contribution in [0.15, 0.2) is 0 Å². The van der Waals surface area contributed by atoms with Crippen LogP contribution in [0, 0.1) is 0 Å². The fourth-order valence-electron chi connectivity index (χ4n) is 4.52. The van der Waals surface area contributed by atoms with Crippen molar-refractivity contribution < 1.29 is 43.5 Å². The minimum absolute atomic E-state index is 0.0206. The molecule has 260 valence electrons. The Morgan fingerprint density at radius 2 is 1.50 bits per heavy atom. The summed E-state index contributed by atoms with van der Waals surface area (Å²) in [7, 11) is 0. The zero-order valence-electron chi connectivity index (χ0n) is 26.4. The monoisotopic (exact) mass is 671 g/mol. The molecule has 46 heavy (non-hydrogen) atoms. The van der Waals surface area contributed by atoms with E-state index in [4.69, 9.17) is 10.8 Å². The third kappa shape index (κ3) is 18.3. The van der Waals surface area contributed by atoms with Gasteiger partial charge < -0.3 is 31.2 Å². The van der Waals surface area contributed by atoms with Crippen LogP contribution in [0.4, 0.5) is 4.79 Å². The van der Waals surface area contributed by atoms with E-state index in [-0.39, 0.29) is 50.1 Å². The Kier molecular flexibility index (Phi) is 21.5. The molecule has 1 fully saturated rings. The maximum absolute atomic E-state index is 12.5. The number of thioether (sulfide) groups is 1. The average Bonchev–Trinajstić information content (AvgIpc) is 3.29. The van der Waals surface area contributed by atoms with E-state index in [1.165, 1.54) is 11.8 Å². The lowest BCUT2D eigenvalue weighted by molar-refractivity contribution is -0.139. The smallest absolute Gasteiger partial charge is 0.423 e. The van der Waals surface area contributed by atoms with E-state index in [1.54, 1.807) is 10.3 Å². The Bertz CT molecular complexity index is 1030. The second-order valence-electron chi connectivity index (χ2n) is 10.7. The first-order valence-corrected chi connectivity index (χ1v) is 16.8. The second-order valence-corrected chi connectivity index (χ2v) is 12.1. The minimum Gasteiger partial charge on any atom is -0.464 e. The summed E-state index contributed by atoms with van der Waals surface area (Å²) in [6.07, 6.45) is 5.99. The number of aldehydes is 1. The molecule has 0 aromatic carbocycles. The van der Waals surface area contributed by atoms with Crippen LogP contribution in [-0.4, -0.2) is 113 Å². The van der Waals surface area contributed by atoms with Gasteiger partial charge >= 0.3 is 6.09 Å². The number of amides is 7. The van der Waals surface area contributed by atoms with E-state index in [1.807, 2.05) is 5.43 Å². The number of unbranched alkanes of at least 4 members (excludes halogenated alkanes) is 5. The highest BCUT2D eigenvalue weighted by Crippen LogP contribution is 2.25. The third-order valence-corrected chi connectivity index (χ3v) is 8.25. The van der Waals surface area contributed by atoms with E-state index in [0.717, 1.165) is 43.3 Å². The van der Waals surface area contributed by atoms with Crippen LogP contribution in [0.3, 0.4) is 0 Å². The molecule has 17 heteroatoms.